The Balaban J connectivity index is 1.76. The largest absolute Gasteiger partial charge is 0.494 e. The highest BCUT2D eigenvalue weighted by molar-refractivity contribution is 6.35. The third kappa shape index (κ3) is 5.61. The third-order valence-corrected chi connectivity index (χ3v) is 3.29. The van der Waals surface area contributed by atoms with Crippen molar-refractivity contribution in [2.45, 2.75) is 38.6 Å². The molecule has 23 heavy (non-hydrogen) atoms. The molecule has 3 N–H and O–H groups in total. The van der Waals surface area contributed by atoms with E-state index < -0.39 is 17.7 Å². The number of nitrogens with one attached hydrogen (secondary N) is 3. The highest BCUT2D eigenvalue weighted by Gasteiger charge is 2.26. The molecular formula is C16H21N3O4. The molecule has 0 saturated heterocycles. The van der Waals surface area contributed by atoms with Crippen LogP contribution in [0, 0.1) is 0 Å². The number of hydrogen-bond acceptors (Lipinski definition) is 4. The quantitative estimate of drug-likeness (QED) is 0.412. The van der Waals surface area contributed by atoms with Crippen molar-refractivity contribution in [3.8, 4) is 5.75 Å². The van der Waals surface area contributed by atoms with E-state index in [0.29, 0.717) is 17.9 Å². The molecule has 1 fully saturated rings. The minimum Gasteiger partial charge on any atom is -0.494 e. The van der Waals surface area contributed by atoms with Crippen molar-refractivity contribution >= 4 is 17.7 Å². The second-order valence-corrected chi connectivity index (χ2v) is 5.38. The normalized spacial score (nSPS) is 13.1. The number of rotatable bonds is 6. The lowest BCUT2D eigenvalue weighted by Crippen LogP contribution is -2.48. The van der Waals surface area contributed by atoms with E-state index in [4.69, 9.17) is 4.74 Å². The Kier molecular flexibility index (Phi) is 5.96. The summed E-state index contributed by atoms with van der Waals surface area (Å²) in [5, 5.41) is 2.53. The first-order chi connectivity index (χ1) is 11.1. The number of carbonyl (C=O) groups is 3. The molecule has 7 nitrogen and oxygen atoms in total. The van der Waals surface area contributed by atoms with Gasteiger partial charge < -0.3 is 10.1 Å². The smallest absolute Gasteiger partial charge is 0.327 e. The summed E-state index contributed by atoms with van der Waals surface area (Å²) >= 11 is 0. The van der Waals surface area contributed by atoms with Gasteiger partial charge in [-0.1, -0.05) is 13.3 Å². The molecule has 0 aromatic heterocycles. The van der Waals surface area contributed by atoms with Crippen LogP contribution in [0.15, 0.2) is 24.3 Å². The Hall–Kier alpha value is -2.57. The van der Waals surface area contributed by atoms with Gasteiger partial charge in [0.25, 0.3) is 5.91 Å². The summed E-state index contributed by atoms with van der Waals surface area (Å²) in [6, 6.07) is 6.64. The van der Waals surface area contributed by atoms with E-state index in [1.54, 1.807) is 24.3 Å². The topological polar surface area (TPSA) is 96.5 Å². The van der Waals surface area contributed by atoms with Crippen molar-refractivity contribution in [3.63, 3.8) is 0 Å². The van der Waals surface area contributed by atoms with E-state index in [2.05, 4.69) is 23.1 Å². The number of carbonyl (C=O) groups excluding carboxylic acids is 3. The summed E-state index contributed by atoms with van der Waals surface area (Å²) in [4.78, 5) is 34.8. The standard InChI is InChI=1S/C16H21N3O4/c1-2-3-10-23-13-8-4-11(5-9-13)14(20)18-19-16(22)15(21)17-12-6-7-12/h4-5,8-9,12H,2-3,6-7,10H2,1H3,(H,17,21)(H,18,20)(H,19,22). The zero-order chi connectivity index (χ0) is 16.7. The van der Waals surface area contributed by atoms with Crippen LogP contribution in [0.25, 0.3) is 0 Å². The van der Waals surface area contributed by atoms with Crippen LogP contribution in [-0.4, -0.2) is 30.4 Å². The fourth-order valence-corrected chi connectivity index (χ4v) is 1.76. The summed E-state index contributed by atoms with van der Waals surface area (Å²) in [6.07, 6.45) is 3.79. The van der Waals surface area contributed by atoms with Gasteiger partial charge in [0.15, 0.2) is 0 Å². The van der Waals surface area contributed by atoms with Gasteiger partial charge in [0, 0.05) is 11.6 Å². The molecule has 3 amide bonds. The zero-order valence-electron chi connectivity index (χ0n) is 13.1. The van der Waals surface area contributed by atoms with Crippen molar-refractivity contribution in [1.29, 1.82) is 0 Å². The first-order valence-electron chi connectivity index (χ1n) is 7.74. The molecule has 0 spiro atoms. The van der Waals surface area contributed by atoms with Gasteiger partial charge in [0.1, 0.15) is 5.75 Å². The summed E-state index contributed by atoms with van der Waals surface area (Å²) in [7, 11) is 0. The first kappa shape index (κ1) is 16.8. The molecule has 0 bridgehead atoms. The van der Waals surface area contributed by atoms with E-state index in [-0.39, 0.29) is 6.04 Å². The molecule has 1 aromatic carbocycles. The van der Waals surface area contributed by atoms with Crippen molar-refractivity contribution in [2.75, 3.05) is 6.61 Å². The number of amides is 3. The van der Waals surface area contributed by atoms with Crippen LogP contribution in [0.1, 0.15) is 43.0 Å². The second kappa shape index (κ2) is 8.17. The highest BCUT2D eigenvalue weighted by atomic mass is 16.5. The molecule has 7 heteroatoms. The van der Waals surface area contributed by atoms with Crippen LogP contribution < -0.4 is 20.9 Å². The van der Waals surface area contributed by atoms with E-state index >= 15 is 0 Å². The molecule has 0 unspecified atom stereocenters. The predicted molar refractivity (Wildman–Crippen MR) is 83.6 cm³/mol. The van der Waals surface area contributed by atoms with Gasteiger partial charge in [-0.3, -0.25) is 25.2 Å². The minimum atomic E-state index is -0.884. The Bertz CT molecular complexity index is 567. The van der Waals surface area contributed by atoms with Gasteiger partial charge in [0.05, 0.1) is 6.61 Å². The molecule has 2 rings (SSSR count). The van der Waals surface area contributed by atoms with Gasteiger partial charge in [-0.15, -0.1) is 0 Å². The lowest BCUT2D eigenvalue weighted by molar-refractivity contribution is -0.139. The predicted octanol–water partition coefficient (Wildman–Crippen LogP) is 0.905. The van der Waals surface area contributed by atoms with Gasteiger partial charge in [-0.25, -0.2) is 0 Å². The summed E-state index contributed by atoms with van der Waals surface area (Å²) in [5.74, 6) is -1.45. The summed E-state index contributed by atoms with van der Waals surface area (Å²) < 4.78 is 5.50. The van der Waals surface area contributed by atoms with Crippen LogP contribution in [0.3, 0.4) is 0 Å². The zero-order valence-corrected chi connectivity index (χ0v) is 13.1. The highest BCUT2D eigenvalue weighted by Crippen LogP contribution is 2.18. The molecule has 0 aliphatic heterocycles. The third-order valence-electron chi connectivity index (χ3n) is 3.29. The Morgan fingerprint density at radius 3 is 2.39 bits per heavy atom. The van der Waals surface area contributed by atoms with Crippen LogP contribution in [-0.2, 0) is 9.59 Å². The molecule has 1 saturated carbocycles. The van der Waals surface area contributed by atoms with Crippen LogP contribution in [0.4, 0.5) is 0 Å². The Morgan fingerprint density at radius 1 is 1.09 bits per heavy atom. The number of hydrogen-bond donors (Lipinski definition) is 3. The molecule has 1 aliphatic carbocycles. The van der Waals surface area contributed by atoms with Gasteiger partial charge in [0.2, 0.25) is 0 Å². The van der Waals surface area contributed by atoms with E-state index in [1.165, 1.54) is 0 Å². The van der Waals surface area contributed by atoms with Crippen molar-refractivity contribution in [1.82, 2.24) is 16.2 Å². The molecule has 0 heterocycles. The maximum atomic E-state index is 11.9. The number of unbranched alkanes of at least 4 members (excludes halogenated alkanes) is 1. The average molecular weight is 319 g/mol. The van der Waals surface area contributed by atoms with Crippen molar-refractivity contribution < 1.29 is 19.1 Å². The van der Waals surface area contributed by atoms with E-state index in [1.807, 2.05) is 0 Å². The number of hydrazine groups is 1. The number of benzene rings is 1. The van der Waals surface area contributed by atoms with Gasteiger partial charge in [-0.2, -0.15) is 0 Å². The molecule has 124 valence electrons. The van der Waals surface area contributed by atoms with Crippen LogP contribution >= 0.6 is 0 Å². The van der Waals surface area contributed by atoms with E-state index in [0.717, 1.165) is 25.7 Å². The molecule has 1 aliphatic rings. The maximum Gasteiger partial charge on any atom is 0.327 e. The summed E-state index contributed by atoms with van der Waals surface area (Å²) in [6.45, 7) is 2.71. The molecule has 0 radical (unpaired) electrons. The lowest BCUT2D eigenvalue weighted by atomic mass is 10.2. The Morgan fingerprint density at radius 2 is 1.78 bits per heavy atom. The molecular weight excluding hydrogens is 298 g/mol. The second-order valence-electron chi connectivity index (χ2n) is 5.38. The van der Waals surface area contributed by atoms with Crippen molar-refractivity contribution in [2.24, 2.45) is 0 Å². The van der Waals surface area contributed by atoms with E-state index in [9.17, 15) is 14.4 Å². The SMILES string of the molecule is CCCCOc1ccc(C(=O)NNC(=O)C(=O)NC2CC2)cc1. The monoisotopic (exact) mass is 319 g/mol. The first-order valence-corrected chi connectivity index (χ1v) is 7.74. The minimum absolute atomic E-state index is 0.0872. The fourth-order valence-electron chi connectivity index (χ4n) is 1.76. The average Bonchev–Trinajstić information content (AvgIpc) is 3.37. The van der Waals surface area contributed by atoms with Crippen LogP contribution in [0.2, 0.25) is 0 Å². The van der Waals surface area contributed by atoms with Crippen LogP contribution in [0.5, 0.6) is 5.75 Å². The van der Waals surface area contributed by atoms with Gasteiger partial charge >= 0.3 is 11.8 Å². The maximum absolute atomic E-state index is 11.9. The molecule has 1 aromatic rings. The van der Waals surface area contributed by atoms with Gasteiger partial charge in [-0.05, 0) is 43.5 Å². The number of ether oxygens (including phenoxy) is 1. The fraction of sp³-hybridized carbons (Fsp3) is 0.438. The van der Waals surface area contributed by atoms with Crippen molar-refractivity contribution in [3.05, 3.63) is 29.8 Å². The Labute approximate surface area is 134 Å². The lowest BCUT2D eigenvalue weighted by Gasteiger charge is -2.08. The molecule has 0 atom stereocenters. The summed E-state index contributed by atoms with van der Waals surface area (Å²) in [5.41, 5.74) is 4.65.